The number of carbonyl (C=O) groups excluding carboxylic acids is 2. The SMILES string of the molecule is C=CC(=O)Nc1cc(NC(=O)C2CCCCS2(=O)=O)ccc1F. The second-order valence-corrected chi connectivity index (χ2v) is 7.53. The molecule has 23 heavy (non-hydrogen) atoms. The first-order valence-corrected chi connectivity index (χ1v) is 8.80. The lowest BCUT2D eigenvalue weighted by molar-refractivity contribution is -0.116. The molecule has 1 atom stereocenters. The molecule has 2 rings (SSSR count). The third-order valence-electron chi connectivity index (χ3n) is 3.55. The van der Waals surface area contributed by atoms with E-state index in [1.54, 1.807) is 0 Å². The molecule has 0 spiro atoms. The van der Waals surface area contributed by atoms with Gasteiger partial charge in [0.25, 0.3) is 0 Å². The van der Waals surface area contributed by atoms with Crippen LogP contribution >= 0.6 is 0 Å². The summed E-state index contributed by atoms with van der Waals surface area (Å²) in [4.78, 5) is 23.4. The molecular formula is C15H17FN2O4S. The molecule has 0 aliphatic carbocycles. The topological polar surface area (TPSA) is 92.3 Å². The van der Waals surface area contributed by atoms with Crippen molar-refractivity contribution < 1.29 is 22.4 Å². The van der Waals surface area contributed by atoms with Crippen LogP contribution in [0.15, 0.2) is 30.9 Å². The Morgan fingerprint density at radius 1 is 1.26 bits per heavy atom. The van der Waals surface area contributed by atoms with Crippen LogP contribution in [0.3, 0.4) is 0 Å². The molecule has 0 saturated carbocycles. The van der Waals surface area contributed by atoms with Crippen LogP contribution in [0.4, 0.5) is 15.8 Å². The maximum atomic E-state index is 13.6. The van der Waals surface area contributed by atoms with E-state index in [1.807, 2.05) is 0 Å². The van der Waals surface area contributed by atoms with E-state index in [9.17, 15) is 22.4 Å². The number of hydrogen-bond donors (Lipinski definition) is 2. The molecule has 0 bridgehead atoms. The van der Waals surface area contributed by atoms with E-state index in [4.69, 9.17) is 0 Å². The minimum atomic E-state index is -3.45. The van der Waals surface area contributed by atoms with Gasteiger partial charge in [-0.1, -0.05) is 13.0 Å². The maximum absolute atomic E-state index is 13.6. The first-order chi connectivity index (χ1) is 10.8. The number of carbonyl (C=O) groups is 2. The fraction of sp³-hybridized carbons (Fsp3) is 0.333. The van der Waals surface area contributed by atoms with Crippen molar-refractivity contribution in [2.75, 3.05) is 16.4 Å². The van der Waals surface area contributed by atoms with Gasteiger partial charge in [-0.25, -0.2) is 12.8 Å². The predicted octanol–water partition coefficient (Wildman–Crippen LogP) is 1.86. The predicted molar refractivity (Wildman–Crippen MR) is 85.3 cm³/mol. The summed E-state index contributed by atoms with van der Waals surface area (Å²) < 4.78 is 37.5. The number of benzene rings is 1. The maximum Gasteiger partial charge on any atom is 0.247 e. The Bertz CT molecular complexity index is 746. The smallest absolute Gasteiger partial charge is 0.247 e. The first kappa shape index (κ1) is 17.1. The third kappa shape index (κ3) is 4.16. The number of rotatable bonds is 4. The number of sulfone groups is 1. The van der Waals surface area contributed by atoms with E-state index in [1.165, 1.54) is 12.1 Å². The van der Waals surface area contributed by atoms with Gasteiger partial charge in [0.15, 0.2) is 9.84 Å². The van der Waals surface area contributed by atoms with E-state index >= 15 is 0 Å². The number of halogens is 1. The van der Waals surface area contributed by atoms with Crippen molar-refractivity contribution in [2.24, 2.45) is 0 Å². The fourth-order valence-corrected chi connectivity index (χ4v) is 4.16. The summed E-state index contributed by atoms with van der Waals surface area (Å²) >= 11 is 0. The molecule has 1 unspecified atom stereocenters. The van der Waals surface area contributed by atoms with Crippen LogP contribution in [0.2, 0.25) is 0 Å². The number of amides is 2. The molecule has 1 aliphatic rings. The van der Waals surface area contributed by atoms with Crippen LogP contribution in [-0.4, -0.2) is 31.2 Å². The minimum Gasteiger partial charge on any atom is -0.325 e. The molecule has 1 aromatic carbocycles. The van der Waals surface area contributed by atoms with Gasteiger partial charge >= 0.3 is 0 Å². The normalized spacial score (nSPS) is 19.6. The molecule has 2 amide bonds. The van der Waals surface area contributed by atoms with Gasteiger partial charge in [-0.15, -0.1) is 0 Å². The summed E-state index contributed by atoms with van der Waals surface area (Å²) in [6, 6.07) is 3.60. The van der Waals surface area contributed by atoms with Gasteiger partial charge < -0.3 is 10.6 Å². The molecular weight excluding hydrogens is 323 g/mol. The molecule has 6 nitrogen and oxygen atoms in total. The quantitative estimate of drug-likeness (QED) is 0.818. The van der Waals surface area contributed by atoms with Gasteiger partial charge in [-0.3, -0.25) is 9.59 Å². The van der Waals surface area contributed by atoms with Crippen molar-refractivity contribution in [1.82, 2.24) is 0 Å². The Labute approximate surface area is 133 Å². The van der Waals surface area contributed by atoms with E-state index < -0.39 is 32.7 Å². The molecule has 8 heteroatoms. The Hall–Kier alpha value is -2.22. The largest absolute Gasteiger partial charge is 0.325 e. The van der Waals surface area contributed by atoms with Gasteiger partial charge in [0.05, 0.1) is 11.4 Å². The van der Waals surface area contributed by atoms with E-state index in [0.717, 1.165) is 12.1 Å². The molecule has 124 valence electrons. The van der Waals surface area contributed by atoms with Crippen molar-refractivity contribution >= 4 is 33.0 Å². The number of nitrogens with one attached hydrogen (secondary N) is 2. The van der Waals surface area contributed by atoms with Gasteiger partial charge in [0.1, 0.15) is 11.1 Å². The van der Waals surface area contributed by atoms with Crippen LogP contribution in [0.1, 0.15) is 19.3 Å². The van der Waals surface area contributed by atoms with Crippen LogP contribution in [0.25, 0.3) is 0 Å². The van der Waals surface area contributed by atoms with Crippen molar-refractivity contribution in [1.29, 1.82) is 0 Å². The fourth-order valence-electron chi connectivity index (χ4n) is 2.35. The van der Waals surface area contributed by atoms with Gasteiger partial charge in [0, 0.05) is 5.69 Å². The lowest BCUT2D eigenvalue weighted by Crippen LogP contribution is -2.39. The molecule has 1 fully saturated rings. The molecule has 0 aromatic heterocycles. The summed E-state index contributed by atoms with van der Waals surface area (Å²) in [6.07, 6.45) is 2.48. The van der Waals surface area contributed by atoms with E-state index in [-0.39, 0.29) is 23.5 Å². The second-order valence-electron chi connectivity index (χ2n) is 5.23. The highest BCUT2D eigenvalue weighted by molar-refractivity contribution is 7.92. The van der Waals surface area contributed by atoms with Gasteiger partial charge in [-0.05, 0) is 37.1 Å². The lowest BCUT2D eigenvalue weighted by Gasteiger charge is -2.21. The highest BCUT2D eigenvalue weighted by atomic mass is 32.2. The molecule has 1 heterocycles. The number of anilines is 2. The summed E-state index contributed by atoms with van der Waals surface area (Å²) in [6.45, 7) is 3.26. The third-order valence-corrected chi connectivity index (χ3v) is 5.72. The molecule has 1 aliphatic heterocycles. The van der Waals surface area contributed by atoms with E-state index in [0.29, 0.717) is 12.8 Å². The molecule has 2 N–H and O–H groups in total. The Balaban J connectivity index is 2.16. The summed E-state index contributed by atoms with van der Waals surface area (Å²) in [5, 5.41) is 3.64. The van der Waals surface area contributed by atoms with E-state index in [2.05, 4.69) is 17.2 Å². The first-order valence-electron chi connectivity index (χ1n) is 7.09. The van der Waals surface area contributed by atoms with Crippen LogP contribution in [0, 0.1) is 5.82 Å². The monoisotopic (exact) mass is 340 g/mol. The standard InChI is InChI=1S/C15H17FN2O4S/c1-2-14(19)18-12-9-10(6-7-11(12)16)17-15(20)13-5-3-4-8-23(13,21)22/h2,6-7,9,13H,1,3-5,8H2,(H,17,20)(H,18,19). The zero-order valence-corrected chi connectivity index (χ0v) is 13.2. The summed E-state index contributed by atoms with van der Waals surface area (Å²) in [5.74, 6) is -1.92. The summed E-state index contributed by atoms with van der Waals surface area (Å²) in [7, 11) is -3.45. The average molecular weight is 340 g/mol. The Kier molecular flexibility index (Phi) is 5.15. The van der Waals surface area contributed by atoms with Gasteiger partial charge in [-0.2, -0.15) is 0 Å². The van der Waals surface area contributed by atoms with Crippen molar-refractivity contribution in [2.45, 2.75) is 24.5 Å². The molecule has 1 aromatic rings. The lowest BCUT2D eigenvalue weighted by atomic mass is 10.1. The number of hydrogen-bond acceptors (Lipinski definition) is 4. The van der Waals surface area contributed by atoms with Crippen LogP contribution in [-0.2, 0) is 19.4 Å². The summed E-state index contributed by atoms with van der Waals surface area (Å²) in [5.41, 5.74) is 0.0794. The van der Waals surface area contributed by atoms with Crippen LogP contribution in [0.5, 0.6) is 0 Å². The second kappa shape index (κ2) is 6.91. The average Bonchev–Trinajstić information content (AvgIpc) is 2.49. The minimum absolute atomic E-state index is 0.00481. The Morgan fingerprint density at radius 3 is 2.65 bits per heavy atom. The van der Waals surface area contributed by atoms with Crippen molar-refractivity contribution in [3.05, 3.63) is 36.7 Å². The highest BCUT2D eigenvalue weighted by Gasteiger charge is 2.34. The highest BCUT2D eigenvalue weighted by Crippen LogP contribution is 2.23. The van der Waals surface area contributed by atoms with Gasteiger partial charge in [0.2, 0.25) is 11.8 Å². The Morgan fingerprint density at radius 2 is 2.00 bits per heavy atom. The zero-order chi connectivity index (χ0) is 17.0. The zero-order valence-electron chi connectivity index (χ0n) is 12.3. The van der Waals surface area contributed by atoms with Crippen molar-refractivity contribution in [3.63, 3.8) is 0 Å². The van der Waals surface area contributed by atoms with Crippen molar-refractivity contribution in [3.8, 4) is 0 Å². The van der Waals surface area contributed by atoms with Crippen LogP contribution < -0.4 is 10.6 Å². The molecule has 1 saturated heterocycles. The molecule has 0 radical (unpaired) electrons.